The number of halogens is 4. The van der Waals surface area contributed by atoms with Crippen molar-refractivity contribution in [3.8, 4) is 17.2 Å². The molecule has 6 rings (SSSR count). The van der Waals surface area contributed by atoms with Crippen molar-refractivity contribution in [1.82, 2.24) is 9.88 Å². The van der Waals surface area contributed by atoms with Gasteiger partial charge in [0.05, 0.1) is 25.9 Å². The average molecular weight is 732 g/mol. The van der Waals surface area contributed by atoms with E-state index in [1.54, 1.807) is 29.2 Å². The molecule has 2 atom stereocenters. The predicted molar refractivity (Wildman–Crippen MR) is 172 cm³/mol. The highest BCUT2D eigenvalue weighted by molar-refractivity contribution is 7.93. The van der Waals surface area contributed by atoms with Crippen molar-refractivity contribution in [2.24, 2.45) is 0 Å². The van der Waals surface area contributed by atoms with Crippen molar-refractivity contribution in [3.05, 3.63) is 101 Å². The average Bonchev–Trinajstić information content (AvgIpc) is 3.35. The molecule has 1 saturated heterocycles. The molecule has 2 unspecified atom stereocenters. The van der Waals surface area contributed by atoms with Crippen molar-refractivity contribution < 1.29 is 50.5 Å². The lowest BCUT2D eigenvalue weighted by atomic mass is 9.68. The van der Waals surface area contributed by atoms with E-state index in [1.807, 2.05) is 0 Å². The Hall–Kier alpha value is -5.22. The minimum absolute atomic E-state index is 0.0392. The smallest absolute Gasteiger partial charge is 0.530 e. The number of carbonyl (C=O) groups is 2. The summed E-state index contributed by atoms with van der Waals surface area (Å²) in [7, 11) is -2.79. The van der Waals surface area contributed by atoms with Crippen LogP contribution in [0.4, 0.5) is 29.3 Å². The van der Waals surface area contributed by atoms with E-state index in [-0.39, 0.29) is 53.0 Å². The zero-order valence-corrected chi connectivity index (χ0v) is 27.8. The number of hydrogen-bond donors (Lipinski definition) is 0. The first-order valence-electron chi connectivity index (χ1n) is 14.8. The lowest BCUT2D eigenvalue weighted by Crippen LogP contribution is -2.67. The maximum atomic E-state index is 15.4. The topological polar surface area (TPSA) is 142 Å². The van der Waals surface area contributed by atoms with Gasteiger partial charge in [0.1, 0.15) is 27.9 Å². The highest BCUT2D eigenvalue weighted by atomic mass is 35.5. The normalized spacial score (nSPS) is 19.3. The Morgan fingerprint density at radius 2 is 1.68 bits per heavy atom. The molecule has 3 aromatic carbocycles. The molecule has 1 aromatic heterocycles. The second-order valence-electron chi connectivity index (χ2n) is 11.2. The van der Waals surface area contributed by atoms with Crippen molar-refractivity contribution in [1.29, 1.82) is 0 Å². The number of rotatable bonds is 8. The summed E-state index contributed by atoms with van der Waals surface area (Å²) in [6.45, 7) is -0.185. The van der Waals surface area contributed by atoms with Gasteiger partial charge in [0.15, 0.2) is 5.75 Å². The van der Waals surface area contributed by atoms with Gasteiger partial charge in [0.2, 0.25) is 0 Å². The van der Waals surface area contributed by atoms with Crippen LogP contribution in [0, 0.1) is 0 Å². The van der Waals surface area contributed by atoms with Crippen LogP contribution in [0.25, 0.3) is 0 Å². The fraction of sp³-hybridized carbons (Fsp3) is 0.242. The number of ether oxygens (including phenoxy) is 3. The minimum atomic E-state index is -5.33. The number of piperazine rings is 1. The molecule has 17 heteroatoms. The third-order valence-corrected chi connectivity index (χ3v) is 10.7. The summed E-state index contributed by atoms with van der Waals surface area (Å²) in [4.78, 5) is 34.0. The molecule has 262 valence electrons. The van der Waals surface area contributed by atoms with Gasteiger partial charge >= 0.3 is 6.36 Å². The SMILES string of the molecule is COc1ccc(S(=O)(=O)N2C(=O)C(c3ccccc3OC)(C3CN(c4ccncc4)CCN3C(=O)[O-])c3cc(Cl)ccc32)c(OC(F)(F)F)c1. The summed E-state index contributed by atoms with van der Waals surface area (Å²) in [5.74, 6) is -2.43. The third kappa shape index (κ3) is 5.77. The van der Waals surface area contributed by atoms with Crippen LogP contribution in [-0.2, 0) is 20.2 Å². The molecule has 0 saturated carbocycles. The number of benzene rings is 3. The monoisotopic (exact) mass is 731 g/mol. The molecular weight excluding hydrogens is 705 g/mol. The van der Waals surface area contributed by atoms with E-state index in [0.29, 0.717) is 9.99 Å². The van der Waals surface area contributed by atoms with Crippen LogP contribution < -0.4 is 28.5 Å². The Bertz CT molecular complexity index is 2070. The third-order valence-electron chi connectivity index (χ3n) is 8.69. The van der Waals surface area contributed by atoms with Gasteiger partial charge in [-0.2, -0.15) is 0 Å². The van der Waals surface area contributed by atoms with E-state index in [0.717, 1.165) is 30.2 Å². The molecule has 0 radical (unpaired) electrons. The molecular formula is C33H27ClF3N4O8S-. The summed E-state index contributed by atoms with van der Waals surface area (Å²) in [6.07, 6.45) is -3.91. The number of nitrogens with zero attached hydrogens (tertiary/aromatic N) is 4. The first-order chi connectivity index (χ1) is 23.7. The zero-order valence-electron chi connectivity index (χ0n) is 26.3. The van der Waals surface area contributed by atoms with E-state index >= 15 is 4.79 Å². The summed E-state index contributed by atoms with van der Waals surface area (Å²) >= 11 is 6.50. The van der Waals surface area contributed by atoms with Crippen molar-refractivity contribution >= 4 is 45.0 Å². The Balaban J connectivity index is 1.66. The molecule has 0 aliphatic carbocycles. The molecule has 0 bridgehead atoms. The molecule has 0 spiro atoms. The van der Waals surface area contributed by atoms with E-state index in [9.17, 15) is 31.5 Å². The van der Waals surface area contributed by atoms with Crippen molar-refractivity contribution in [2.75, 3.05) is 43.1 Å². The summed E-state index contributed by atoms with van der Waals surface area (Å²) in [6, 6.07) is 14.6. The first kappa shape index (κ1) is 34.6. The van der Waals surface area contributed by atoms with Gasteiger partial charge in [-0.25, -0.2) is 12.7 Å². The number of carboxylic acid groups (broad SMARTS) is 1. The lowest BCUT2D eigenvalue weighted by Gasteiger charge is -2.50. The fourth-order valence-electron chi connectivity index (χ4n) is 6.65. The van der Waals surface area contributed by atoms with E-state index in [4.69, 9.17) is 21.1 Å². The highest BCUT2D eigenvalue weighted by Crippen LogP contribution is 2.55. The number of fused-ring (bicyclic) bond motifs is 1. The van der Waals surface area contributed by atoms with Crippen LogP contribution in [0.1, 0.15) is 11.1 Å². The van der Waals surface area contributed by atoms with Crippen molar-refractivity contribution in [3.63, 3.8) is 0 Å². The van der Waals surface area contributed by atoms with Crippen LogP contribution >= 0.6 is 11.6 Å². The van der Waals surface area contributed by atoms with Crippen molar-refractivity contribution in [2.45, 2.75) is 22.7 Å². The Morgan fingerprint density at radius 1 is 0.960 bits per heavy atom. The van der Waals surface area contributed by atoms with Gasteiger partial charge in [-0.15, -0.1) is 13.2 Å². The van der Waals surface area contributed by atoms with Crippen LogP contribution in [0.15, 0.2) is 90.1 Å². The van der Waals surface area contributed by atoms with Crippen LogP contribution in [-0.4, -0.2) is 76.6 Å². The maximum absolute atomic E-state index is 15.4. The molecule has 0 N–H and O–H groups in total. The number of aromatic nitrogens is 1. The summed E-state index contributed by atoms with van der Waals surface area (Å²) in [5, 5.41) is 12.9. The maximum Gasteiger partial charge on any atom is 0.573 e. The van der Waals surface area contributed by atoms with Gasteiger partial charge in [-0.3, -0.25) is 9.78 Å². The molecule has 4 aromatic rings. The number of pyridine rings is 1. The Morgan fingerprint density at radius 3 is 2.34 bits per heavy atom. The standard InChI is InChI=1S/C33H28ClF3N4O8S/c1-47-22-8-10-28(27(18-22)49-33(35,36)37)50(45,46)41-25-9-7-20(34)17-24(25)32(30(41)42,23-5-3-4-6-26(23)48-2)29-19-39(15-16-40(29)31(43)44)21-11-13-38-14-12-21/h3-14,17-18,29H,15-16,19H2,1-2H3,(H,43,44)/p-1. The largest absolute Gasteiger partial charge is 0.573 e. The Kier molecular flexibility index (Phi) is 8.94. The number of hydrogen-bond acceptors (Lipinski definition) is 10. The Labute approximate surface area is 289 Å². The van der Waals surface area contributed by atoms with Crippen LogP contribution in [0.5, 0.6) is 17.2 Å². The lowest BCUT2D eigenvalue weighted by molar-refractivity contribution is -0.275. The zero-order chi connectivity index (χ0) is 36.0. The van der Waals surface area contributed by atoms with Gasteiger partial charge in [-0.1, -0.05) is 29.8 Å². The van der Waals surface area contributed by atoms with Gasteiger partial charge in [0, 0.05) is 59.9 Å². The summed E-state index contributed by atoms with van der Waals surface area (Å²) < 4.78 is 85.3. The number of alkyl halides is 3. The van der Waals surface area contributed by atoms with Crippen LogP contribution in [0.3, 0.4) is 0 Å². The quantitative estimate of drug-likeness (QED) is 0.259. The predicted octanol–water partition coefficient (Wildman–Crippen LogP) is 4.21. The molecule has 3 heterocycles. The number of carbonyl (C=O) groups excluding carboxylic acids is 2. The number of sulfonamides is 1. The number of methoxy groups -OCH3 is 2. The number of anilines is 2. The summed E-state index contributed by atoms with van der Waals surface area (Å²) in [5.41, 5.74) is -1.83. The van der Waals surface area contributed by atoms with E-state index in [2.05, 4.69) is 9.72 Å². The molecule has 2 amide bonds. The fourth-order valence-corrected chi connectivity index (χ4v) is 8.39. The second kappa shape index (κ2) is 12.9. The number of para-hydroxylation sites is 1. The van der Waals surface area contributed by atoms with E-state index in [1.165, 1.54) is 49.8 Å². The molecule has 12 nitrogen and oxygen atoms in total. The number of amides is 2. The molecule has 2 aliphatic heterocycles. The first-order valence-corrected chi connectivity index (χ1v) is 16.7. The van der Waals surface area contributed by atoms with Gasteiger partial charge in [-0.05, 0) is 48.5 Å². The minimum Gasteiger partial charge on any atom is -0.530 e. The highest BCUT2D eigenvalue weighted by Gasteiger charge is 2.63. The molecule has 50 heavy (non-hydrogen) atoms. The van der Waals surface area contributed by atoms with Crippen LogP contribution in [0.2, 0.25) is 5.02 Å². The van der Waals surface area contributed by atoms with E-state index < -0.39 is 50.5 Å². The van der Waals surface area contributed by atoms with Gasteiger partial charge in [0.25, 0.3) is 15.9 Å². The van der Waals surface area contributed by atoms with Gasteiger partial charge < -0.3 is 33.9 Å². The molecule has 1 fully saturated rings. The second-order valence-corrected chi connectivity index (χ2v) is 13.4. The molecule has 2 aliphatic rings.